The van der Waals surface area contributed by atoms with Gasteiger partial charge in [0.05, 0.1) is 5.75 Å². The molecule has 0 amide bonds. The Hall–Kier alpha value is -1.37. The molecule has 0 spiro atoms. The zero-order chi connectivity index (χ0) is 13.9. The summed E-state index contributed by atoms with van der Waals surface area (Å²) in [6, 6.07) is 7.70. The molecule has 0 atom stereocenters. The zero-order valence-corrected chi connectivity index (χ0v) is 13.0. The molecule has 0 aliphatic carbocycles. The fourth-order valence-electron chi connectivity index (χ4n) is 1.74. The molecule has 0 aliphatic heterocycles. The number of nitrogens with zero attached hydrogens (tertiary/aromatic N) is 4. The van der Waals surface area contributed by atoms with Gasteiger partial charge in [0, 0.05) is 5.02 Å². The predicted molar refractivity (Wildman–Crippen MR) is 86.3 cm³/mol. The second-order valence-corrected chi connectivity index (χ2v) is 6.36. The summed E-state index contributed by atoms with van der Waals surface area (Å²) < 4.78 is 1.80. The molecule has 4 nitrogen and oxygen atoms in total. The van der Waals surface area contributed by atoms with Crippen LogP contribution in [0.5, 0.6) is 0 Å². The summed E-state index contributed by atoms with van der Waals surface area (Å²) in [7, 11) is 0. The highest BCUT2D eigenvalue weighted by molar-refractivity contribution is 7.97. The van der Waals surface area contributed by atoms with Crippen molar-refractivity contribution in [2.24, 2.45) is 0 Å². The van der Waals surface area contributed by atoms with Crippen molar-refractivity contribution < 1.29 is 0 Å². The Kier molecular flexibility index (Phi) is 4.05. The normalized spacial score (nSPS) is 11.7. The molecule has 0 bridgehead atoms. The van der Waals surface area contributed by atoms with E-state index < -0.39 is 0 Å². The molecular formula is C13H11ClN4S2. The number of rotatable bonds is 4. The lowest BCUT2D eigenvalue weighted by Crippen LogP contribution is -1.93. The van der Waals surface area contributed by atoms with Crippen LogP contribution in [-0.4, -0.2) is 26.1 Å². The number of aromatic nitrogens is 4. The third-order valence-electron chi connectivity index (χ3n) is 2.61. The van der Waals surface area contributed by atoms with Gasteiger partial charge in [-0.2, -0.15) is 21.4 Å². The summed E-state index contributed by atoms with van der Waals surface area (Å²) in [4.78, 5) is 0.819. The molecule has 3 rings (SSSR count). The van der Waals surface area contributed by atoms with E-state index in [0.29, 0.717) is 0 Å². The van der Waals surface area contributed by atoms with E-state index in [1.54, 1.807) is 16.3 Å². The monoisotopic (exact) mass is 322 g/mol. The Morgan fingerprint density at radius 2 is 2.25 bits per heavy atom. The lowest BCUT2D eigenvalue weighted by atomic mass is 10.2. The summed E-state index contributed by atoms with van der Waals surface area (Å²) >= 11 is 9.18. The highest BCUT2D eigenvalue weighted by atomic mass is 35.5. The van der Waals surface area contributed by atoms with E-state index in [1.165, 1.54) is 11.3 Å². The molecule has 1 aromatic carbocycles. The lowest BCUT2D eigenvalue weighted by molar-refractivity contribution is 0.881. The summed E-state index contributed by atoms with van der Waals surface area (Å²) in [6.07, 6.45) is 5.99. The average molecular weight is 323 g/mol. The molecular weight excluding hydrogens is 312 g/mol. The summed E-state index contributed by atoms with van der Waals surface area (Å²) in [5.41, 5.74) is 1.05. The minimum absolute atomic E-state index is 0.729. The van der Waals surface area contributed by atoms with Gasteiger partial charge in [0.2, 0.25) is 4.96 Å². The molecule has 0 aliphatic rings. The van der Waals surface area contributed by atoms with Gasteiger partial charge in [-0.25, -0.2) is 0 Å². The molecule has 3 aromatic rings. The summed E-state index contributed by atoms with van der Waals surface area (Å²) in [6.45, 7) is 0. The van der Waals surface area contributed by atoms with Gasteiger partial charge < -0.3 is 0 Å². The first-order chi connectivity index (χ1) is 9.76. The average Bonchev–Trinajstić information content (AvgIpc) is 2.99. The quantitative estimate of drug-likeness (QED) is 0.731. The number of thioether (sulfide) groups is 1. The number of fused-ring (bicyclic) bond motifs is 1. The number of benzene rings is 1. The Balaban J connectivity index is 1.87. The van der Waals surface area contributed by atoms with Crippen molar-refractivity contribution in [3.05, 3.63) is 45.7 Å². The zero-order valence-electron chi connectivity index (χ0n) is 10.7. The first kappa shape index (κ1) is 13.6. The Morgan fingerprint density at radius 1 is 1.35 bits per heavy atom. The van der Waals surface area contributed by atoms with Gasteiger partial charge in [0.1, 0.15) is 5.01 Å². The number of hydrogen-bond donors (Lipinski definition) is 0. The van der Waals surface area contributed by atoms with Crippen LogP contribution in [0.4, 0.5) is 0 Å². The number of halogens is 1. The van der Waals surface area contributed by atoms with Crippen LogP contribution in [-0.2, 0) is 5.75 Å². The molecule has 102 valence electrons. The van der Waals surface area contributed by atoms with Crippen LogP contribution in [0.2, 0.25) is 5.02 Å². The van der Waals surface area contributed by atoms with E-state index in [-0.39, 0.29) is 0 Å². The second kappa shape index (κ2) is 5.95. The largest absolute Gasteiger partial charge is 0.234 e. The molecule has 0 saturated carbocycles. The van der Waals surface area contributed by atoms with Crippen molar-refractivity contribution in [1.82, 2.24) is 19.8 Å². The molecule has 2 heterocycles. The van der Waals surface area contributed by atoms with Crippen LogP contribution >= 0.6 is 34.7 Å². The van der Waals surface area contributed by atoms with Gasteiger partial charge in [-0.15, -0.1) is 10.2 Å². The van der Waals surface area contributed by atoms with Crippen molar-refractivity contribution in [3.63, 3.8) is 0 Å². The maximum Gasteiger partial charge on any atom is 0.234 e. The maximum absolute atomic E-state index is 5.96. The van der Waals surface area contributed by atoms with Crippen molar-refractivity contribution >= 4 is 51.8 Å². The van der Waals surface area contributed by atoms with Crippen LogP contribution in [0.15, 0.2) is 24.3 Å². The third-order valence-corrected chi connectivity index (χ3v) is 4.26. The molecule has 0 N–H and O–H groups in total. The molecule has 0 fully saturated rings. The standard InChI is InChI=1S/C13H11ClN4S2/c1-19-8-11-15-16-13-18(11)17-12(20-13)6-5-9-3-2-4-10(14)7-9/h2-7H,8H2,1H3/b6-5+. The van der Waals surface area contributed by atoms with Gasteiger partial charge in [-0.1, -0.05) is 41.1 Å². The Bertz CT molecular complexity index is 763. The molecule has 0 radical (unpaired) electrons. The predicted octanol–water partition coefficient (Wildman–Crippen LogP) is 3.87. The molecule has 0 saturated heterocycles. The van der Waals surface area contributed by atoms with Crippen molar-refractivity contribution in [3.8, 4) is 0 Å². The van der Waals surface area contributed by atoms with Crippen molar-refractivity contribution in [2.75, 3.05) is 6.26 Å². The minimum atomic E-state index is 0.729. The van der Waals surface area contributed by atoms with Gasteiger partial charge >= 0.3 is 0 Å². The SMILES string of the molecule is CSCc1nnc2sc(/C=C/c3cccc(Cl)c3)nn12. The fourth-order valence-corrected chi connectivity index (χ4v) is 3.13. The van der Waals surface area contributed by atoms with Crippen molar-refractivity contribution in [1.29, 1.82) is 0 Å². The van der Waals surface area contributed by atoms with E-state index in [9.17, 15) is 0 Å². The van der Waals surface area contributed by atoms with Gasteiger partial charge in [0.15, 0.2) is 5.82 Å². The molecule has 0 unspecified atom stereocenters. The first-order valence-corrected chi connectivity index (χ1v) is 8.49. The highest BCUT2D eigenvalue weighted by Crippen LogP contribution is 2.19. The van der Waals surface area contributed by atoms with Crippen LogP contribution in [0.1, 0.15) is 16.4 Å². The van der Waals surface area contributed by atoms with Gasteiger partial charge in [-0.05, 0) is 30.0 Å². The van der Waals surface area contributed by atoms with Crippen LogP contribution < -0.4 is 0 Å². The second-order valence-electron chi connectivity index (χ2n) is 4.07. The van der Waals surface area contributed by atoms with E-state index in [4.69, 9.17) is 11.6 Å². The Morgan fingerprint density at radius 3 is 3.05 bits per heavy atom. The summed E-state index contributed by atoms with van der Waals surface area (Å²) in [5.74, 6) is 1.69. The minimum Gasteiger partial charge on any atom is -0.186 e. The topological polar surface area (TPSA) is 43.1 Å². The fraction of sp³-hybridized carbons (Fsp3) is 0.154. The van der Waals surface area contributed by atoms with E-state index in [0.717, 1.165) is 32.1 Å². The smallest absolute Gasteiger partial charge is 0.186 e. The van der Waals surface area contributed by atoms with Crippen LogP contribution in [0.3, 0.4) is 0 Å². The molecule has 7 heteroatoms. The number of hydrogen-bond acceptors (Lipinski definition) is 5. The highest BCUT2D eigenvalue weighted by Gasteiger charge is 2.09. The van der Waals surface area contributed by atoms with E-state index in [2.05, 4.69) is 15.3 Å². The maximum atomic E-state index is 5.96. The van der Waals surface area contributed by atoms with Gasteiger partial charge in [-0.3, -0.25) is 0 Å². The summed E-state index contributed by atoms with van der Waals surface area (Å²) in [5, 5.41) is 14.4. The molecule has 2 aromatic heterocycles. The van der Waals surface area contributed by atoms with Crippen LogP contribution in [0.25, 0.3) is 17.1 Å². The van der Waals surface area contributed by atoms with Crippen LogP contribution in [0, 0.1) is 0 Å². The molecule has 20 heavy (non-hydrogen) atoms. The first-order valence-electron chi connectivity index (χ1n) is 5.90. The third kappa shape index (κ3) is 2.87. The van der Waals surface area contributed by atoms with E-state index >= 15 is 0 Å². The van der Waals surface area contributed by atoms with E-state index in [1.807, 2.05) is 42.7 Å². The van der Waals surface area contributed by atoms with Crippen molar-refractivity contribution in [2.45, 2.75) is 5.75 Å². The lowest BCUT2D eigenvalue weighted by Gasteiger charge is -1.93. The van der Waals surface area contributed by atoms with Gasteiger partial charge in [0.25, 0.3) is 0 Å². The Labute approximate surface area is 129 Å².